The van der Waals surface area contributed by atoms with Gasteiger partial charge in [0.15, 0.2) is 0 Å². The van der Waals surface area contributed by atoms with E-state index in [1.54, 1.807) is 5.01 Å². The summed E-state index contributed by atoms with van der Waals surface area (Å²) >= 11 is 0. The summed E-state index contributed by atoms with van der Waals surface area (Å²) < 4.78 is 0. The van der Waals surface area contributed by atoms with Crippen molar-refractivity contribution in [3.8, 4) is 0 Å². The van der Waals surface area contributed by atoms with Gasteiger partial charge in [-0.25, -0.2) is 10.4 Å². The van der Waals surface area contributed by atoms with Crippen molar-refractivity contribution in [2.24, 2.45) is 0 Å². The lowest BCUT2D eigenvalue weighted by Crippen LogP contribution is -2.36. The van der Waals surface area contributed by atoms with Gasteiger partial charge < -0.3 is 0 Å². The molecule has 1 N–H and O–H groups in total. The van der Waals surface area contributed by atoms with E-state index in [1.165, 1.54) is 11.1 Å². The highest BCUT2D eigenvalue weighted by atomic mass is 16.2. The van der Waals surface area contributed by atoms with Crippen LogP contribution in [-0.4, -0.2) is 11.9 Å². The number of hydrazine groups is 1. The smallest absolute Gasteiger partial charge is 0.242 e. The maximum atomic E-state index is 11.6. The highest BCUT2D eigenvalue weighted by Crippen LogP contribution is 2.21. The van der Waals surface area contributed by atoms with Gasteiger partial charge in [-0.15, -0.1) is 0 Å². The Hall–Kier alpha value is -1.35. The van der Waals surface area contributed by atoms with Crippen LogP contribution >= 0.6 is 0 Å². The lowest BCUT2D eigenvalue weighted by molar-refractivity contribution is -0.117. The molecule has 1 aromatic carbocycles. The Kier molecular flexibility index (Phi) is 2.49. The maximum absolute atomic E-state index is 11.6. The fraction of sp³-hybridized carbons (Fsp3) is 0.417. The quantitative estimate of drug-likeness (QED) is 0.758. The van der Waals surface area contributed by atoms with E-state index >= 15 is 0 Å². The second kappa shape index (κ2) is 3.66. The highest BCUT2D eigenvalue weighted by molar-refractivity contribution is 5.94. The van der Waals surface area contributed by atoms with Gasteiger partial charge in [-0.2, -0.15) is 0 Å². The van der Waals surface area contributed by atoms with Crippen LogP contribution in [0, 0.1) is 13.8 Å². The largest absolute Gasteiger partial charge is 0.273 e. The van der Waals surface area contributed by atoms with Crippen molar-refractivity contribution in [1.29, 1.82) is 0 Å². The first kappa shape index (κ1) is 10.2. The van der Waals surface area contributed by atoms with E-state index < -0.39 is 0 Å². The number of carbonyl (C=O) groups excluding carboxylic acids is 1. The number of carbonyl (C=O) groups is 1. The highest BCUT2D eigenvalue weighted by Gasteiger charge is 2.27. The first-order chi connectivity index (χ1) is 7.08. The Balaban J connectivity index is 2.30. The second-order valence-electron chi connectivity index (χ2n) is 4.23. The van der Waals surface area contributed by atoms with E-state index in [1.807, 2.05) is 25.1 Å². The number of amides is 1. The van der Waals surface area contributed by atoms with Crippen LogP contribution in [0.3, 0.4) is 0 Å². The molecule has 1 amide bonds. The SMILES string of the molecule is Cc1ccc(N2NC(C)CC2=O)cc1C. The first-order valence-electron chi connectivity index (χ1n) is 5.24. The predicted molar refractivity (Wildman–Crippen MR) is 60.6 cm³/mol. The Morgan fingerprint density at radius 3 is 2.60 bits per heavy atom. The van der Waals surface area contributed by atoms with Gasteiger partial charge in [0.25, 0.3) is 0 Å². The topological polar surface area (TPSA) is 32.3 Å². The van der Waals surface area contributed by atoms with Crippen molar-refractivity contribution >= 4 is 11.6 Å². The van der Waals surface area contributed by atoms with E-state index in [2.05, 4.69) is 19.3 Å². The molecule has 1 atom stereocenters. The Morgan fingerprint density at radius 2 is 2.07 bits per heavy atom. The molecule has 80 valence electrons. The summed E-state index contributed by atoms with van der Waals surface area (Å²) in [5.74, 6) is 0.144. The minimum atomic E-state index is 0.144. The summed E-state index contributed by atoms with van der Waals surface area (Å²) in [6, 6.07) is 6.30. The standard InChI is InChI=1S/C12H16N2O/c1-8-4-5-11(6-9(8)2)14-12(15)7-10(3)13-14/h4-6,10,13H,7H2,1-3H3. The fourth-order valence-electron chi connectivity index (χ4n) is 1.77. The summed E-state index contributed by atoms with van der Waals surface area (Å²) in [6.07, 6.45) is 0.576. The normalized spacial score (nSPS) is 21.1. The molecule has 1 saturated heterocycles. The van der Waals surface area contributed by atoms with Crippen molar-refractivity contribution in [2.75, 3.05) is 5.01 Å². The molecule has 0 aromatic heterocycles. The van der Waals surface area contributed by atoms with Gasteiger partial charge in [-0.3, -0.25) is 4.79 Å². The second-order valence-corrected chi connectivity index (χ2v) is 4.23. The van der Waals surface area contributed by atoms with Crippen LogP contribution in [0.15, 0.2) is 18.2 Å². The molecule has 1 heterocycles. The third-order valence-electron chi connectivity index (χ3n) is 2.83. The van der Waals surface area contributed by atoms with Crippen LogP contribution in [0.5, 0.6) is 0 Å². The van der Waals surface area contributed by atoms with Gasteiger partial charge >= 0.3 is 0 Å². The number of hydrogen-bond donors (Lipinski definition) is 1. The molecule has 3 heteroatoms. The van der Waals surface area contributed by atoms with E-state index in [0.717, 1.165) is 5.69 Å². The summed E-state index contributed by atoms with van der Waals surface area (Å²) in [5, 5.41) is 1.65. The zero-order chi connectivity index (χ0) is 11.0. The summed E-state index contributed by atoms with van der Waals surface area (Å²) in [4.78, 5) is 11.6. The van der Waals surface area contributed by atoms with Crippen LogP contribution in [0.4, 0.5) is 5.69 Å². The van der Waals surface area contributed by atoms with Crippen molar-refractivity contribution < 1.29 is 4.79 Å². The first-order valence-corrected chi connectivity index (χ1v) is 5.24. The number of benzene rings is 1. The van der Waals surface area contributed by atoms with Crippen molar-refractivity contribution in [1.82, 2.24) is 5.43 Å². The zero-order valence-electron chi connectivity index (χ0n) is 9.37. The predicted octanol–water partition coefficient (Wildman–Crippen LogP) is 1.93. The van der Waals surface area contributed by atoms with Crippen molar-refractivity contribution in [3.05, 3.63) is 29.3 Å². The maximum Gasteiger partial charge on any atom is 0.242 e. The molecule has 1 aromatic rings. The van der Waals surface area contributed by atoms with Crippen molar-refractivity contribution in [2.45, 2.75) is 33.2 Å². The number of nitrogens with one attached hydrogen (secondary N) is 1. The number of aryl methyl sites for hydroxylation is 2. The molecule has 15 heavy (non-hydrogen) atoms. The number of rotatable bonds is 1. The number of nitrogens with zero attached hydrogens (tertiary/aromatic N) is 1. The third-order valence-corrected chi connectivity index (χ3v) is 2.83. The number of hydrogen-bond acceptors (Lipinski definition) is 2. The average molecular weight is 204 g/mol. The molecular weight excluding hydrogens is 188 g/mol. The van der Waals surface area contributed by atoms with Gasteiger partial charge in [0, 0.05) is 12.5 Å². The minimum Gasteiger partial charge on any atom is -0.273 e. The van der Waals surface area contributed by atoms with Gasteiger partial charge in [-0.1, -0.05) is 6.07 Å². The Bertz CT molecular complexity index is 401. The molecule has 1 unspecified atom stereocenters. The van der Waals surface area contributed by atoms with Crippen LogP contribution in [0.25, 0.3) is 0 Å². The molecule has 1 aliphatic rings. The summed E-state index contributed by atoms with van der Waals surface area (Å²) in [5.41, 5.74) is 6.55. The van der Waals surface area contributed by atoms with Gasteiger partial charge in [-0.05, 0) is 44.0 Å². The average Bonchev–Trinajstić information content (AvgIpc) is 2.50. The van der Waals surface area contributed by atoms with E-state index in [9.17, 15) is 4.79 Å². The molecule has 0 spiro atoms. The summed E-state index contributed by atoms with van der Waals surface area (Å²) in [7, 11) is 0. The minimum absolute atomic E-state index is 0.144. The molecule has 0 bridgehead atoms. The third kappa shape index (κ3) is 1.88. The fourth-order valence-corrected chi connectivity index (χ4v) is 1.77. The van der Waals surface area contributed by atoms with Gasteiger partial charge in [0.1, 0.15) is 0 Å². The van der Waals surface area contributed by atoms with Crippen LogP contribution in [-0.2, 0) is 4.79 Å². The molecule has 1 aliphatic heterocycles. The monoisotopic (exact) mass is 204 g/mol. The zero-order valence-corrected chi connectivity index (χ0v) is 9.37. The molecule has 0 saturated carbocycles. The molecule has 2 rings (SSSR count). The molecule has 3 nitrogen and oxygen atoms in total. The van der Waals surface area contributed by atoms with Crippen LogP contribution in [0.2, 0.25) is 0 Å². The molecule has 0 aliphatic carbocycles. The van der Waals surface area contributed by atoms with E-state index in [-0.39, 0.29) is 11.9 Å². The Labute approximate surface area is 90.1 Å². The molecule has 0 radical (unpaired) electrons. The Morgan fingerprint density at radius 1 is 1.33 bits per heavy atom. The van der Waals surface area contributed by atoms with Crippen LogP contribution in [0.1, 0.15) is 24.5 Å². The molecule has 1 fully saturated rings. The van der Waals surface area contributed by atoms with Crippen LogP contribution < -0.4 is 10.4 Å². The van der Waals surface area contributed by atoms with Gasteiger partial charge in [0.2, 0.25) is 5.91 Å². The lowest BCUT2D eigenvalue weighted by Gasteiger charge is -2.17. The van der Waals surface area contributed by atoms with Crippen molar-refractivity contribution in [3.63, 3.8) is 0 Å². The summed E-state index contributed by atoms with van der Waals surface area (Å²) in [6.45, 7) is 6.14. The number of anilines is 1. The van der Waals surface area contributed by atoms with Gasteiger partial charge in [0.05, 0.1) is 5.69 Å². The van der Waals surface area contributed by atoms with E-state index in [4.69, 9.17) is 0 Å². The molecular formula is C12H16N2O. The van der Waals surface area contributed by atoms with E-state index in [0.29, 0.717) is 6.42 Å². The lowest BCUT2D eigenvalue weighted by atomic mass is 10.1.